The van der Waals surface area contributed by atoms with Gasteiger partial charge in [0, 0.05) is 47.5 Å². The zero-order valence-electron chi connectivity index (χ0n) is 26.1. The molecular formula is C38H45BrN2O2. The van der Waals surface area contributed by atoms with Gasteiger partial charge in [0.05, 0.1) is 16.6 Å². The third-order valence-electron chi connectivity index (χ3n) is 9.24. The molecule has 226 valence electrons. The van der Waals surface area contributed by atoms with Crippen LogP contribution < -0.4 is 21.9 Å². The summed E-state index contributed by atoms with van der Waals surface area (Å²) in [4.78, 5) is 16.1. The first-order valence-corrected chi connectivity index (χ1v) is 15.4. The molecule has 1 aliphatic carbocycles. The number of unbranched alkanes of at least 4 members (excludes halogenated alkanes) is 4. The number of allylic oxidation sites excluding steroid dienone is 7. The Labute approximate surface area is 268 Å². The van der Waals surface area contributed by atoms with Crippen molar-refractivity contribution in [3.8, 4) is 0 Å². The summed E-state index contributed by atoms with van der Waals surface area (Å²) in [5.41, 5.74) is 7.21. The molecule has 2 heterocycles. The predicted molar refractivity (Wildman–Crippen MR) is 175 cm³/mol. The third kappa shape index (κ3) is 5.76. The molecule has 0 amide bonds. The Balaban J connectivity index is 0.00000423. The highest BCUT2D eigenvalue weighted by atomic mass is 79.9. The zero-order chi connectivity index (χ0) is 30.1. The molecule has 0 aromatic heterocycles. The summed E-state index contributed by atoms with van der Waals surface area (Å²) in [6.45, 7) is 18.3. The van der Waals surface area contributed by atoms with Gasteiger partial charge in [0.1, 0.15) is 12.3 Å². The van der Waals surface area contributed by atoms with Crippen LogP contribution >= 0.6 is 0 Å². The van der Waals surface area contributed by atoms with Crippen LogP contribution in [0.25, 0.3) is 0 Å². The quantitative estimate of drug-likeness (QED) is 0.138. The molecule has 1 N–H and O–H groups in total. The number of halogens is 1. The van der Waals surface area contributed by atoms with E-state index in [1.54, 1.807) is 0 Å². The lowest BCUT2D eigenvalue weighted by atomic mass is 9.77. The summed E-state index contributed by atoms with van der Waals surface area (Å²) >= 11 is 0. The Morgan fingerprint density at radius 1 is 0.837 bits per heavy atom. The summed E-state index contributed by atoms with van der Waals surface area (Å²) in [5, 5.41) is 11.4. The van der Waals surface area contributed by atoms with Crippen LogP contribution in [0, 0.1) is 0 Å². The smallest absolute Gasteiger partial charge is 0.209 e. The average Bonchev–Trinajstić information content (AvgIpc) is 3.33. The number of hydrogen-bond acceptors (Lipinski definition) is 3. The van der Waals surface area contributed by atoms with E-state index in [-0.39, 0.29) is 39.4 Å². The largest absolute Gasteiger partial charge is 1.00 e. The lowest BCUT2D eigenvalue weighted by Gasteiger charge is -2.29. The number of benzene rings is 2. The lowest BCUT2D eigenvalue weighted by Crippen LogP contribution is -3.00. The molecule has 5 heteroatoms. The van der Waals surface area contributed by atoms with Crippen molar-refractivity contribution in [2.24, 2.45) is 0 Å². The van der Waals surface area contributed by atoms with Crippen molar-refractivity contribution >= 4 is 22.9 Å². The van der Waals surface area contributed by atoms with Gasteiger partial charge in [-0.15, -0.1) is 13.2 Å². The second-order valence-electron chi connectivity index (χ2n) is 12.7. The maximum atomic E-state index is 13.7. The van der Waals surface area contributed by atoms with Crippen LogP contribution in [0.2, 0.25) is 0 Å². The third-order valence-corrected chi connectivity index (χ3v) is 9.24. The summed E-state index contributed by atoms with van der Waals surface area (Å²) < 4.78 is 2.34. The van der Waals surface area contributed by atoms with E-state index >= 15 is 0 Å². The van der Waals surface area contributed by atoms with Crippen LogP contribution in [0.4, 0.5) is 11.4 Å². The molecule has 2 aromatic carbocycles. The van der Waals surface area contributed by atoms with Gasteiger partial charge >= 0.3 is 0 Å². The van der Waals surface area contributed by atoms with Crippen LogP contribution in [-0.2, 0) is 15.6 Å². The van der Waals surface area contributed by atoms with Crippen LogP contribution in [0.15, 0.2) is 109 Å². The molecule has 0 unspecified atom stereocenters. The molecule has 0 fully saturated rings. The number of hydrogen-bond donors (Lipinski definition) is 1. The van der Waals surface area contributed by atoms with Gasteiger partial charge in [-0.2, -0.15) is 4.58 Å². The summed E-state index contributed by atoms with van der Waals surface area (Å²) in [7, 11) is 0. The van der Waals surface area contributed by atoms with E-state index in [0.717, 1.165) is 63.0 Å². The molecule has 3 aliphatic rings. The lowest BCUT2D eigenvalue weighted by molar-refractivity contribution is -0.438. The maximum absolute atomic E-state index is 13.7. The van der Waals surface area contributed by atoms with Crippen LogP contribution in [0.3, 0.4) is 0 Å². The van der Waals surface area contributed by atoms with Crippen molar-refractivity contribution < 1.29 is 31.5 Å². The first-order chi connectivity index (χ1) is 20.1. The van der Waals surface area contributed by atoms with Gasteiger partial charge in [-0.05, 0) is 63.7 Å². The topological polar surface area (TPSA) is 43.5 Å². The number of aliphatic hydroxyl groups excluding tert-OH is 1. The average molecular weight is 642 g/mol. The number of Topliss-reactive ketones (excluding diaryl/α,β-unsaturated/α-hetero) is 1. The number of ketones is 1. The molecule has 0 spiro atoms. The van der Waals surface area contributed by atoms with E-state index in [4.69, 9.17) is 0 Å². The minimum atomic E-state index is -0.284. The molecular weight excluding hydrogens is 596 g/mol. The minimum Gasteiger partial charge on any atom is -1.00 e. The van der Waals surface area contributed by atoms with Crippen molar-refractivity contribution in [2.75, 3.05) is 18.0 Å². The summed E-state index contributed by atoms with van der Waals surface area (Å²) in [6, 6.07) is 17.0. The highest BCUT2D eigenvalue weighted by Crippen LogP contribution is 2.49. The van der Waals surface area contributed by atoms with Gasteiger partial charge in [0.2, 0.25) is 11.5 Å². The summed E-state index contributed by atoms with van der Waals surface area (Å²) in [6.07, 6.45) is 14.0. The Morgan fingerprint density at radius 3 is 2.14 bits per heavy atom. The molecule has 0 atom stereocenters. The fourth-order valence-corrected chi connectivity index (χ4v) is 6.78. The molecule has 2 aromatic rings. The SMILES string of the molecule is C=CCCCCN1/C(=C/C2=C(O)C(=C/C3=[N+](CCCCC=C)c4ccccc4C3(C)C)/C2=O)C(C)(C)c2ccccc21.[Br-]. The molecule has 4 nitrogen and oxygen atoms in total. The highest BCUT2D eigenvalue weighted by Gasteiger charge is 2.47. The van der Waals surface area contributed by atoms with E-state index in [2.05, 4.69) is 98.9 Å². The molecule has 0 saturated carbocycles. The monoisotopic (exact) mass is 640 g/mol. The molecule has 0 radical (unpaired) electrons. The second-order valence-corrected chi connectivity index (χ2v) is 12.7. The number of carbonyl (C=O) groups is 1. The van der Waals surface area contributed by atoms with Crippen LogP contribution in [0.5, 0.6) is 0 Å². The molecule has 43 heavy (non-hydrogen) atoms. The molecule has 2 aliphatic heterocycles. The van der Waals surface area contributed by atoms with Crippen molar-refractivity contribution in [1.29, 1.82) is 0 Å². The van der Waals surface area contributed by atoms with Gasteiger partial charge in [-0.1, -0.05) is 62.4 Å². The Hall–Kier alpha value is -3.44. The second kappa shape index (κ2) is 13.1. The van der Waals surface area contributed by atoms with Gasteiger partial charge in [-0.25, -0.2) is 0 Å². The van der Waals surface area contributed by atoms with Crippen LogP contribution in [0.1, 0.15) is 77.3 Å². The van der Waals surface area contributed by atoms with E-state index in [9.17, 15) is 9.90 Å². The van der Waals surface area contributed by atoms with Gasteiger partial charge in [0.25, 0.3) is 0 Å². The molecule has 0 bridgehead atoms. The van der Waals surface area contributed by atoms with E-state index in [1.165, 1.54) is 22.5 Å². The zero-order valence-corrected chi connectivity index (χ0v) is 27.7. The normalized spacial score (nSPS) is 19.8. The van der Waals surface area contributed by atoms with Crippen molar-refractivity contribution in [3.63, 3.8) is 0 Å². The fourth-order valence-electron chi connectivity index (χ4n) is 6.78. The number of fused-ring (bicyclic) bond motifs is 2. The highest BCUT2D eigenvalue weighted by molar-refractivity contribution is 6.24. The number of anilines is 1. The van der Waals surface area contributed by atoms with Gasteiger partial charge in [0.15, 0.2) is 5.71 Å². The number of aliphatic hydroxyl groups is 1. The summed E-state index contributed by atoms with van der Waals surface area (Å²) in [5.74, 6) is 0.000883. The first kappa shape index (κ1) is 32.5. The van der Waals surface area contributed by atoms with Crippen LogP contribution in [-0.4, -0.2) is 34.3 Å². The Bertz CT molecular complexity index is 1550. The predicted octanol–water partition coefficient (Wildman–Crippen LogP) is 5.78. The first-order valence-electron chi connectivity index (χ1n) is 15.4. The van der Waals surface area contributed by atoms with Crippen molar-refractivity contribution in [1.82, 2.24) is 0 Å². The number of carbonyl (C=O) groups excluding carboxylic acids is 1. The standard InChI is InChI=1S/C38H44N2O2.BrH/c1-7-9-11-17-23-39-31-21-15-13-19-29(31)37(3,4)33(39)25-27-35(41)28(36(27)42)26-34-38(5,6)30-20-14-16-22-32(30)40(34)24-18-12-10-8-2;/h7-8,13-16,19-22,25-26H,1-2,9-12,17-18,23-24H2,3-6H3;1H. The minimum absolute atomic E-state index is 0. The molecule has 5 rings (SSSR count). The number of rotatable bonds is 12. The molecule has 0 saturated heterocycles. The number of para-hydroxylation sites is 2. The van der Waals surface area contributed by atoms with E-state index in [1.807, 2.05) is 24.3 Å². The van der Waals surface area contributed by atoms with E-state index in [0.29, 0.717) is 11.1 Å². The van der Waals surface area contributed by atoms with Gasteiger partial charge in [-0.3, -0.25) is 4.79 Å². The van der Waals surface area contributed by atoms with Crippen molar-refractivity contribution in [2.45, 2.75) is 77.0 Å². The van der Waals surface area contributed by atoms with Crippen molar-refractivity contribution in [3.05, 3.63) is 120 Å². The van der Waals surface area contributed by atoms with Gasteiger partial charge < -0.3 is 27.0 Å². The Morgan fingerprint density at radius 2 is 1.47 bits per heavy atom. The maximum Gasteiger partial charge on any atom is 0.209 e. The Kier molecular flexibility index (Phi) is 9.86. The van der Waals surface area contributed by atoms with E-state index < -0.39 is 0 Å². The fraction of sp³-hybridized carbons (Fsp3) is 0.368. The number of nitrogens with zero attached hydrogens (tertiary/aromatic N) is 2.